The third-order valence-electron chi connectivity index (χ3n) is 5.67. The standard InChI is InChI=1S/C25H30N4O/c1-5-17-9-8-10-18(15-17)22-23(28-21-12-7-6-11-20(21)27-22)29-14-13-19(16-29)26-24(30)25(2,3)4/h6-12,15,19H,5,13-14,16H2,1-4H3,(H,26,30). The minimum atomic E-state index is -0.387. The number of rotatable bonds is 4. The second kappa shape index (κ2) is 8.05. The fraction of sp³-hybridized carbons (Fsp3) is 0.400. The van der Waals surface area contributed by atoms with Gasteiger partial charge in [-0.1, -0.05) is 58.0 Å². The summed E-state index contributed by atoms with van der Waals surface area (Å²) in [5.74, 6) is 0.990. The van der Waals surface area contributed by atoms with Crippen molar-refractivity contribution in [2.75, 3.05) is 18.0 Å². The molecule has 1 N–H and O–H groups in total. The third kappa shape index (κ3) is 4.16. The lowest BCUT2D eigenvalue weighted by Crippen LogP contribution is -2.43. The molecule has 4 rings (SSSR count). The lowest BCUT2D eigenvalue weighted by atomic mass is 9.95. The van der Waals surface area contributed by atoms with Crippen LogP contribution in [0.2, 0.25) is 0 Å². The number of nitrogens with zero attached hydrogens (tertiary/aromatic N) is 3. The van der Waals surface area contributed by atoms with E-state index in [0.29, 0.717) is 0 Å². The molecule has 1 aromatic heterocycles. The van der Waals surface area contributed by atoms with Crippen LogP contribution in [0.1, 0.15) is 39.7 Å². The molecular formula is C25H30N4O. The molecule has 1 amide bonds. The van der Waals surface area contributed by atoms with Crippen molar-refractivity contribution in [1.82, 2.24) is 15.3 Å². The Bertz CT molecular complexity index is 1070. The zero-order chi connectivity index (χ0) is 21.3. The molecule has 1 fully saturated rings. The van der Waals surface area contributed by atoms with E-state index in [0.717, 1.165) is 54.0 Å². The Labute approximate surface area is 178 Å². The molecule has 30 heavy (non-hydrogen) atoms. The van der Waals surface area contributed by atoms with Crippen LogP contribution in [0, 0.1) is 5.41 Å². The SMILES string of the molecule is CCc1cccc(-c2nc3ccccc3nc2N2CCC(NC(=O)C(C)(C)C)C2)c1. The maximum absolute atomic E-state index is 12.4. The van der Waals surface area contributed by atoms with Gasteiger partial charge in [0.25, 0.3) is 0 Å². The Balaban J connectivity index is 1.70. The molecule has 0 saturated carbocycles. The number of amides is 1. The molecular weight excluding hydrogens is 372 g/mol. The number of carbonyl (C=O) groups excluding carboxylic acids is 1. The molecule has 1 atom stereocenters. The van der Waals surface area contributed by atoms with Crippen LogP contribution in [0.25, 0.3) is 22.3 Å². The average Bonchev–Trinajstić information content (AvgIpc) is 3.20. The normalized spacial score (nSPS) is 16.8. The van der Waals surface area contributed by atoms with Crippen LogP contribution in [-0.2, 0) is 11.2 Å². The maximum Gasteiger partial charge on any atom is 0.225 e. The summed E-state index contributed by atoms with van der Waals surface area (Å²) in [5, 5.41) is 3.20. The number of benzene rings is 2. The first-order valence-electron chi connectivity index (χ1n) is 10.8. The number of aryl methyl sites for hydroxylation is 1. The molecule has 1 aliphatic rings. The monoisotopic (exact) mass is 402 g/mol. The first-order valence-corrected chi connectivity index (χ1v) is 10.8. The summed E-state index contributed by atoms with van der Waals surface area (Å²) in [6.45, 7) is 9.60. The van der Waals surface area contributed by atoms with Gasteiger partial charge in [-0.2, -0.15) is 0 Å². The highest BCUT2D eigenvalue weighted by atomic mass is 16.2. The first kappa shape index (κ1) is 20.3. The number of anilines is 1. The van der Waals surface area contributed by atoms with E-state index < -0.39 is 0 Å². The number of nitrogens with one attached hydrogen (secondary N) is 1. The fourth-order valence-electron chi connectivity index (χ4n) is 3.82. The smallest absolute Gasteiger partial charge is 0.225 e. The largest absolute Gasteiger partial charge is 0.353 e. The Morgan fingerprint density at radius 3 is 2.53 bits per heavy atom. The van der Waals surface area contributed by atoms with Crippen LogP contribution in [0.15, 0.2) is 48.5 Å². The summed E-state index contributed by atoms with van der Waals surface area (Å²) in [6.07, 6.45) is 1.89. The predicted molar refractivity (Wildman–Crippen MR) is 123 cm³/mol. The highest BCUT2D eigenvalue weighted by molar-refractivity contribution is 5.84. The Hall–Kier alpha value is -2.95. The highest BCUT2D eigenvalue weighted by Gasteiger charge is 2.30. The minimum absolute atomic E-state index is 0.0924. The number of hydrogen-bond donors (Lipinski definition) is 1. The summed E-state index contributed by atoms with van der Waals surface area (Å²) in [6, 6.07) is 16.7. The van der Waals surface area contributed by atoms with Crippen molar-refractivity contribution in [1.29, 1.82) is 0 Å². The van der Waals surface area contributed by atoms with Crippen molar-refractivity contribution in [2.24, 2.45) is 5.41 Å². The first-order chi connectivity index (χ1) is 14.3. The molecule has 0 aliphatic carbocycles. The lowest BCUT2D eigenvalue weighted by molar-refractivity contribution is -0.129. The Morgan fingerprint density at radius 2 is 1.83 bits per heavy atom. The number of para-hydroxylation sites is 2. The number of hydrogen-bond acceptors (Lipinski definition) is 4. The average molecular weight is 403 g/mol. The van der Waals surface area contributed by atoms with Gasteiger partial charge in [-0.3, -0.25) is 4.79 Å². The number of aromatic nitrogens is 2. The molecule has 1 unspecified atom stereocenters. The second-order valence-corrected chi connectivity index (χ2v) is 9.09. The van der Waals surface area contributed by atoms with Gasteiger partial charge in [-0.25, -0.2) is 9.97 Å². The van der Waals surface area contributed by atoms with Gasteiger partial charge >= 0.3 is 0 Å². The van der Waals surface area contributed by atoms with E-state index in [9.17, 15) is 4.79 Å². The molecule has 0 spiro atoms. The molecule has 2 aromatic carbocycles. The van der Waals surface area contributed by atoms with E-state index in [4.69, 9.17) is 9.97 Å². The number of carbonyl (C=O) groups is 1. The van der Waals surface area contributed by atoms with Gasteiger partial charge in [0.05, 0.1) is 11.0 Å². The molecule has 2 heterocycles. The van der Waals surface area contributed by atoms with E-state index in [1.807, 2.05) is 45.0 Å². The van der Waals surface area contributed by atoms with Gasteiger partial charge in [-0.15, -0.1) is 0 Å². The second-order valence-electron chi connectivity index (χ2n) is 9.09. The topological polar surface area (TPSA) is 58.1 Å². The van der Waals surface area contributed by atoms with Crippen LogP contribution in [-0.4, -0.2) is 35.0 Å². The third-order valence-corrected chi connectivity index (χ3v) is 5.67. The van der Waals surface area contributed by atoms with Crippen molar-refractivity contribution in [3.63, 3.8) is 0 Å². The summed E-state index contributed by atoms with van der Waals surface area (Å²) in [7, 11) is 0. The van der Waals surface area contributed by atoms with Crippen molar-refractivity contribution >= 4 is 22.8 Å². The predicted octanol–water partition coefficient (Wildman–Crippen LogP) is 4.60. The van der Waals surface area contributed by atoms with Gasteiger partial charge in [0, 0.05) is 30.1 Å². The van der Waals surface area contributed by atoms with Gasteiger partial charge in [0.1, 0.15) is 5.69 Å². The van der Waals surface area contributed by atoms with Crippen LogP contribution in [0.3, 0.4) is 0 Å². The maximum atomic E-state index is 12.4. The van der Waals surface area contributed by atoms with Crippen molar-refractivity contribution in [3.05, 3.63) is 54.1 Å². The van der Waals surface area contributed by atoms with Crippen molar-refractivity contribution in [2.45, 2.75) is 46.6 Å². The lowest BCUT2D eigenvalue weighted by Gasteiger charge is -2.23. The highest BCUT2D eigenvalue weighted by Crippen LogP contribution is 2.32. The quantitative estimate of drug-likeness (QED) is 0.693. The molecule has 0 bridgehead atoms. The van der Waals surface area contributed by atoms with Crippen LogP contribution in [0.5, 0.6) is 0 Å². The summed E-state index contributed by atoms with van der Waals surface area (Å²) >= 11 is 0. The fourth-order valence-corrected chi connectivity index (χ4v) is 3.82. The molecule has 0 radical (unpaired) electrons. The van der Waals surface area contributed by atoms with Gasteiger partial charge in [0.15, 0.2) is 5.82 Å². The van der Waals surface area contributed by atoms with Gasteiger partial charge < -0.3 is 10.2 Å². The molecule has 1 saturated heterocycles. The molecule has 5 nitrogen and oxygen atoms in total. The van der Waals surface area contributed by atoms with Gasteiger partial charge in [-0.05, 0) is 36.6 Å². The van der Waals surface area contributed by atoms with E-state index in [2.05, 4.69) is 41.4 Å². The molecule has 5 heteroatoms. The number of fused-ring (bicyclic) bond motifs is 1. The summed E-state index contributed by atoms with van der Waals surface area (Å²) < 4.78 is 0. The summed E-state index contributed by atoms with van der Waals surface area (Å²) in [5.41, 5.74) is 4.68. The summed E-state index contributed by atoms with van der Waals surface area (Å²) in [4.78, 5) is 24.7. The van der Waals surface area contributed by atoms with Crippen LogP contribution in [0.4, 0.5) is 5.82 Å². The molecule has 1 aliphatic heterocycles. The van der Waals surface area contributed by atoms with E-state index in [1.165, 1.54) is 5.56 Å². The zero-order valence-corrected chi connectivity index (χ0v) is 18.3. The van der Waals surface area contributed by atoms with E-state index >= 15 is 0 Å². The van der Waals surface area contributed by atoms with Crippen LogP contribution < -0.4 is 10.2 Å². The van der Waals surface area contributed by atoms with Crippen LogP contribution >= 0.6 is 0 Å². The van der Waals surface area contributed by atoms with Gasteiger partial charge in [0.2, 0.25) is 5.91 Å². The molecule has 156 valence electrons. The van der Waals surface area contributed by atoms with E-state index in [1.54, 1.807) is 0 Å². The zero-order valence-electron chi connectivity index (χ0n) is 18.3. The van der Waals surface area contributed by atoms with Crippen molar-refractivity contribution in [3.8, 4) is 11.3 Å². The van der Waals surface area contributed by atoms with E-state index in [-0.39, 0.29) is 17.4 Å². The molecule has 3 aromatic rings. The van der Waals surface area contributed by atoms with Crippen molar-refractivity contribution < 1.29 is 4.79 Å². The Morgan fingerprint density at radius 1 is 1.10 bits per heavy atom. The minimum Gasteiger partial charge on any atom is -0.353 e. The Kier molecular flexibility index (Phi) is 5.46.